The second-order valence-electron chi connectivity index (χ2n) is 5.52. The van der Waals surface area contributed by atoms with E-state index in [2.05, 4.69) is 10.3 Å². The van der Waals surface area contributed by atoms with E-state index in [0.717, 1.165) is 15.3 Å². The quantitative estimate of drug-likeness (QED) is 0.404. The van der Waals surface area contributed by atoms with Gasteiger partial charge in [-0.3, -0.25) is 14.9 Å². The molecule has 2 heterocycles. The number of hydrogen-bond donors (Lipinski definition) is 1. The van der Waals surface area contributed by atoms with Crippen LogP contribution in [0.25, 0.3) is 16.5 Å². The zero-order chi connectivity index (χ0) is 18.5. The topological polar surface area (TPSA) is 85.1 Å². The number of aromatic nitrogens is 1. The molecule has 130 valence electrons. The molecule has 3 rings (SSSR count). The molecule has 6 nitrogen and oxygen atoms in total. The lowest BCUT2D eigenvalue weighted by Crippen LogP contribution is -2.08. The molecule has 0 bridgehead atoms. The van der Waals surface area contributed by atoms with Gasteiger partial charge in [0, 0.05) is 28.1 Å². The molecule has 1 N–H and O–H groups in total. The molecule has 0 atom stereocenters. The fourth-order valence-electron chi connectivity index (χ4n) is 2.30. The molecule has 2 aromatic heterocycles. The Morgan fingerprint density at radius 3 is 2.73 bits per heavy atom. The normalized spacial score (nSPS) is 10.8. The van der Waals surface area contributed by atoms with E-state index in [4.69, 9.17) is 0 Å². The first-order chi connectivity index (χ1) is 12.5. The van der Waals surface area contributed by atoms with Gasteiger partial charge in [-0.15, -0.1) is 11.3 Å². The summed E-state index contributed by atoms with van der Waals surface area (Å²) in [5.74, 6) is 0.194. The molecule has 0 saturated carbocycles. The SMILES string of the molecule is Cc1ccc(NC(=O)C=Cc2ccc(-c3ccccc3[N+](=O)[O-])s2)nc1. The summed E-state index contributed by atoms with van der Waals surface area (Å²) >= 11 is 1.38. The highest BCUT2D eigenvalue weighted by atomic mass is 32.1. The predicted octanol–water partition coefficient (Wildman–Crippen LogP) is 4.68. The number of amides is 1. The molecule has 0 spiro atoms. The number of anilines is 1. The van der Waals surface area contributed by atoms with Gasteiger partial charge in [0.1, 0.15) is 5.82 Å². The van der Waals surface area contributed by atoms with Crippen LogP contribution in [0.5, 0.6) is 0 Å². The molecule has 0 fully saturated rings. The Labute approximate surface area is 154 Å². The summed E-state index contributed by atoms with van der Waals surface area (Å²) in [4.78, 5) is 28.4. The maximum Gasteiger partial charge on any atom is 0.278 e. The van der Waals surface area contributed by atoms with Crippen molar-refractivity contribution < 1.29 is 9.72 Å². The van der Waals surface area contributed by atoms with Crippen molar-refractivity contribution in [2.24, 2.45) is 0 Å². The molecule has 1 amide bonds. The number of carbonyl (C=O) groups excluding carboxylic acids is 1. The van der Waals surface area contributed by atoms with Gasteiger partial charge in [-0.25, -0.2) is 4.98 Å². The van der Waals surface area contributed by atoms with Gasteiger partial charge in [-0.05, 0) is 42.8 Å². The van der Waals surface area contributed by atoms with E-state index in [-0.39, 0.29) is 11.6 Å². The van der Waals surface area contributed by atoms with Gasteiger partial charge in [0.2, 0.25) is 5.91 Å². The minimum atomic E-state index is -0.396. The molecule has 26 heavy (non-hydrogen) atoms. The van der Waals surface area contributed by atoms with E-state index in [1.165, 1.54) is 23.5 Å². The Hall–Kier alpha value is -3.32. The summed E-state index contributed by atoms with van der Waals surface area (Å²) in [6.45, 7) is 1.92. The fraction of sp³-hybridized carbons (Fsp3) is 0.0526. The van der Waals surface area contributed by atoms with Crippen LogP contribution in [0.2, 0.25) is 0 Å². The van der Waals surface area contributed by atoms with E-state index < -0.39 is 4.92 Å². The number of nitro benzene ring substituents is 1. The van der Waals surface area contributed by atoms with Crippen molar-refractivity contribution in [3.8, 4) is 10.4 Å². The molecule has 0 unspecified atom stereocenters. The molecule has 0 saturated heterocycles. The van der Waals surface area contributed by atoms with Gasteiger partial charge in [0.15, 0.2) is 0 Å². The van der Waals surface area contributed by atoms with Crippen molar-refractivity contribution >= 4 is 34.8 Å². The lowest BCUT2D eigenvalue weighted by atomic mass is 10.1. The third kappa shape index (κ3) is 4.20. The van der Waals surface area contributed by atoms with Gasteiger partial charge in [0.25, 0.3) is 5.69 Å². The summed E-state index contributed by atoms with van der Waals surface area (Å²) in [6, 6.07) is 13.8. The van der Waals surface area contributed by atoms with Crippen LogP contribution in [0.1, 0.15) is 10.4 Å². The van der Waals surface area contributed by atoms with Crippen LogP contribution in [0.15, 0.2) is 60.8 Å². The Bertz CT molecular complexity index is 978. The number of benzene rings is 1. The highest BCUT2D eigenvalue weighted by Crippen LogP contribution is 2.34. The number of rotatable bonds is 5. The molecular weight excluding hydrogens is 350 g/mol. The Morgan fingerprint density at radius 2 is 2.00 bits per heavy atom. The molecule has 0 radical (unpaired) electrons. The number of hydrogen-bond acceptors (Lipinski definition) is 5. The highest BCUT2D eigenvalue weighted by molar-refractivity contribution is 7.16. The second-order valence-corrected chi connectivity index (χ2v) is 6.64. The summed E-state index contributed by atoms with van der Waals surface area (Å²) in [7, 11) is 0. The minimum absolute atomic E-state index is 0.0630. The molecular formula is C19H15N3O3S. The van der Waals surface area contributed by atoms with Gasteiger partial charge < -0.3 is 5.32 Å². The lowest BCUT2D eigenvalue weighted by molar-refractivity contribution is -0.384. The predicted molar refractivity (Wildman–Crippen MR) is 103 cm³/mol. The maximum atomic E-state index is 12.0. The summed E-state index contributed by atoms with van der Waals surface area (Å²) in [5.41, 5.74) is 1.64. The van der Waals surface area contributed by atoms with Crippen molar-refractivity contribution in [2.45, 2.75) is 6.92 Å². The zero-order valence-corrected chi connectivity index (χ0v) is 14.7. The maximum absolute atomic E-state index is 12.0. The second kappa shape index (κ2) is 7.71. The van der Waals surface area contributed by atoms with E-state index in [9.17, 15) is 14.9 Å². The summed E-state index contributed by atoms with van der Waals surface area (Å²) in [5, 5.41) is 13.8. The number of nitro groups is 1. The van der Waals surface area contributed by atoms with Crippen LogP contribution < -0.4 is 5.32 Å². The highest BCUT2D eigenvalue weighted by Gasteiger charge is 2.15. The van der Waals surface area contributed by atoms with Gasteiger partial charge in [-0.2, -0.15) is 0 Å². The van der Waals surface area contributed by atoms with E-state index in [1.807, 2.05) is 25.1 Å². The standard InChI is InChI=1S/C19H15N3O3S/c1-13-6-10-18(20-12-13)21-19(23)11-8-14-7-9-17(26-14)15-4-2-3-5-16(15)22(24)25/h2-12H,1H3,(H,20,21,23). The lowest BCUT2D eigenvalue weighted by Gasteiger charge is -2.00. The van der Waals surface area contributed by atoms with Gasteiger partial charge in [-0.1, -0.05) is 18.2 Å². The van der Waals surface area contributed by atoms with Crippen molar-refractivity contribution in [2.75, 3.05) is 5.32 Å². The van der Waals surface area contributed by atoms with Crippen molar-refractivity contribution in [3.05, 3.63) is 81.4 Å². The smallest absolute Gasteiger partial charge is 0.278 e. The van der Waals surface area contributed by atoms with E-state index in [0.29, 0.717) is 11.4 Å². The van der Waals surface area contributed by atoms with Crippen LogP contribution in [0.4, 0.5) is 11.5 Å². The van der Waals surface area contributed by atoms with Gasteiger partial charge in [0.05, 0.1) is 10.5 Å². The summed E-state index contributed by atoms with van der Waals surface area (Å²) < 4.78 is 0. The number of nitrogens with one attached hydrogen (secondary N) is 1. The van der Waals surface area contributed by atoms with Crippen LogP contribution in [0.3, 0.4) is 0 Å². The Morgan fingerprint density at radius 1 is 1.19 bits per heavy atom. The average Bonchev–Trinajstić information content (AvgIpc) is 3.11. The molecule has 0 aliphatic rings. The number of aryl methyl sites for hydroxylation is 1. The average molecular weight is 365 g/mol. The Kier molecular flexibility index (Phi) is 5.19. The molecule has 1 aromatic carbocycles. The number of para-hydroxylation sites is 1. The van der Waals surface area contributed by atoms with Crippen molar-refractivity contribution in [1.82, 2.24) is 4.98 Å². The van der Waals surface area contributed by atoms with E-state index >= 15 is 0 Å². The Balaban J connectivity index is 1.72. The molecule has 0 aliphatic carbocycles. The van der Waals surface area contributed by atoms with Crippen molar-refractivity contribution in [3.63, 3.8) is 0 Å². The van der Waals surface area contributed by atoms with Crippen molar-refractivity contribution in [1.29, 1.82) is 0 Å². The van der Waals surface area contributed by atoms with Gasteiger partial charge >= 0.3 is 0 Å². The zero-order valence-electron chi connectivity index (χ0n) is 13.9. The largest absolute Gasteiger partial charge is 0.307 e. The van der Waals surface area contributed by atoms with Crippen LogP contribution in [0, 0.1) is 17.0 Å². The first kappa shape index (κ1) is 17.5. The minimum Gasteiger partial charge on any atom is -0.307 e. The van der Waals surface area contributed by atoms with E-state index in [1.54, 1.807) is 36.5 Å². The third-order valence-electron chi connectivity index (χ3n) is 3.55. The molecule has 3 aromatic rings. The monoisotopic (exact) mass is 365 g/mol. The number of nitrogens with zero attached hydrogens (tertiary/aromatic N) is 2. The number of pyridine rings is 1. The first-order valence-electron chi connectivity index (χ1n) is 7.78. The van der Waals surface area contributed by atoms with Crippen LogP contribution in [-0.2, 0) is 4.79 Å². The first-order valence-corrected chi connectivity index (χ1v) is 8.60. The molecule has 0 aliphatic heterocycles. The van der Waals surface area contributed by atoms with Crippen LogP contribution in [-0.4, -0.2) is 15.8 Å². The fourth-order valence-corrected chi connectivity index (χ4v) is 3.24. The third-order valence-corrected chi connectivity index (χ3v) is 4.64. The number of thiophene rings is 1. The molecule has 7 heteroatoms. The van der Waals surface area contributed by atoms with Crippen LogP contribution >= 0.6 is 11.3 Å². The summed E-state index contributed by atoms with van der Waals surface area (Å²) in [6.07, 6.45) is 4.76. The number of carbonyl (C=O) groups is 1.